The van der Waals surface area contributed by atoms with Gasteiger partial charge in [0, 0.05) is 75.8 Å². The Labute approximate surface area is 257 Å². The van der Waals surface area contributed by atoms with E-state index in [1.54, 1.807) is 57.7 Å². The number of nitrogens with one attached hydrogen (secondary N) is 3. The average Bonchev–Trinajstić information content (AvgIpc) is 3.46. The summed E-state index contributed by atoms with van der Waals surface area (Å²) in [5.74, 6) is -0.393. The molecule has 3 amide bonds. The third-order valence-corrected chi connectivity index (χ3v) is 7.61. The second-order valence-electron chi connectivity index (χ2n) is 9.96. The Morgan fingerprint density at radius 3 is 2.50 bits per heavy atom. The molecule has 0 spiro atoms. The number of anilines is 2. The highest BCUT2D eigenvalue weighted by Crippen LogP contribution is 2.39. The first kappa shape index (κ1) is 30.5. The average molecular weight is 615 g/mol. The van der Waals surface area contributed by atoms with Crippen molar-refractivity contribution in [1.82, 2.24) is 20.2 Å². The molecule has 0 radical (unpaired) electrons. The van der Waals surface area contributed by atoms with Crippen molar-refractivity contribution >= 4 is 44.9 Å². The normalized spacial score (nSPS) is 10.9. The molecule has 5 rings (SSSR count). The Bertz CT molecular complexity index is 1780. The van der Waals surface area contributed by atoms with Crippen molar-refractivity contribution in [2.24, 2.45) is 0 Å². The smallest absolute Gasteiger partial charge is 0.323 e. The lowest BCUT2D eigenvalue weighted by molar-refractivity contribution is 0.0827. The Morgan fingerprint density at radius 2 is 1.77 bits per heavy atom. The van der Waals surface area contributed by atoms with Crippen molar-refractivity contribution in [2.45, 2.75) is 6.54 Å². The van der Waals surface area contributed by atoms with E-state index in [0.717, 1.165) is 27.4 Å². The number of halogens is 1. The predicted molar refractivity (Wildman–Crippen MR) is 170 cm³/mol. The van der Waals surface area contributed by atoms with E-state index < -0.39 is 11.8 Å². The van der Waals surface area contributed by atoms with Crippen LogP contribution in [-0.2, 0) is 11.3 Å². The summed E-state index contributed by atoms with van der Waals surface area (Å²) in [5, 5.41) is 8.55. The summed E-state index contributed by atoms with van der Waals surface area (Å²) in [6.07, 6.45) is 3.44. The lowest BCUT2D eigenvalue weighted by Crippen LogP contribution is -2.22. The zero-order chi connectivity index (χ0) is 31.1. The molecule has 0 unspecified atom stereocenters. The molecule has 3 N–H and O–H groups in total. The van der Waals surface area contributed by atoms with Crippen molar-refractivity contribution < 1.29 is 23.5 Å². The first-order valence-electron chi connectivity index (χ1n) is 13.7. The van der Waals surface area contributed by atoms with Crippen LogP contribution in [0.2, 0.25) is 0 Å². The molecule has 0 aliphatic carbocycles. The number of rotatable bonds is 11. The SMILES string of the molecule is COCCNCc1ccc(-c2cc3nccc(Oc4ccc(NC(=O)Nc5cccc(C(=O)N(C)C)c5)cc4F)c3s2)nc1. The maximum absolute atomic E-state index is 15.1. The van der Waals surface area contributed by atoms with Gasteiger partial charge in [0.15, 0.2) is 11.6 Å². The molecule has 0 aliphatic rings. The zero-order valence-electron chi connectivity index (χ0n) is 24.4. The number of fused-ring (bicyclic) bond motifs is 1. The standard InChI is InChI=1S/C32H31FN6O4S/c1-39(2)31(40)21-5-4-6-22(15-21)37-32(41)38-23-8-10-27(24(33)16-23)43-28-11-12-35-26-17-29(44-30(26)28)25-9-7-20(19-36-25)18-34-13-14-42-3/h4-12,15-17,19,34H,13-14,18H2,1-3H3,(H2,37,38,41). The van der Waals surface area contributed by atoms with E-state index in [1.165, 1.54) is 34.4 Å². The molecule has 0 fully saturated rings. The van der Waals surface area contributed by atoms with E-state index in [4.69, 9.17) is 9.47 Å². The van der Waals surface area contributed by atoms with E-state index in [-0.39, 0.29) is 17.3 Å². The van der Waals surface area contributed by atoms with Crippen molar-refractivity contribution in [1.29, 1.82) is 0 Å². The van der Waals surface area contributed by atoms with Crippen molar-refractivity contribution in [3.8, 4) is 22.1 Å². The maximum Gasteiger partial charge on any atom is 0.323 e. The Kier molecular flexibility index (Phi) is 9.75. The Morgan fingerprint density at radius 1 is 0.955 bits per heavy atom. The molecular weight excluding hydrogens is 583 g/mol. The van der Waals surface area contributed by atoms with Gasteiger partial charge < -0.3 is 30.3 Å². The number of amides is 3. The minimum Gasteiger partial charge on any atom is -0.453 e. The molecule has 5 aromatic rings. The van der Waals surface area contributed by atoms with Gasteiger partial charge in [0.2, 0.25) is 0 Å². The Balaban J connectivity index is 1.25. The highest BCUT2D eigenvalue weighted by atomic mass is 32.1. The van der Waals surface area contributed by atoms with E-state index >= 15 is 4.39 Å². The number of benzene rings is 2. The highest BCUT2D eigenvalue weighted by Gasteiger charge is 2.15. The maximum atomic E-state index is 15.1. The molecular formula is C32H31FN6O4S. The van der Waals surface area contributed by atoms with Crippen LogP contribution in [0, 0.1) is 5.82 Å². The van der Waals surface area contributed by atoms with Crippen LogP contribution in [-0.4, -0.2) is 61.2 Å². The number of urea groups is 1. The van der Waals surface area contributed by atoms with Crippen LogP contribution < -0.4 is 20.7 Å². The first-order valence-corrected chi connectivity index (χ1v) is 14.5. The van der Waals surface area contributed by atoms with Gasteiger partial charge in [-0.25, -0.2) is 9.18 Å². The number of pyridine rings is 2. The number of aromatic nitrogens is 2. The second kappa shape index (κ2) is 14.0. The minimum atomic E-state index is -0.653. The predicted octanol–water partition coefficient (Wildman–Crippen LogP) is 6.37. The van der Waals surface area contributed by atoms with Gasteiger partial charge in [-0.05, 0) is 48.0 Å². The van der Waals surface area contributed by atoms with Crippen molar-refractivity contribution in [2.75, 3.05) is 45.0 Å². The zero-order valence-corrected chi connectivity index (χ0v) is 25.2. The lowest BCUT2D eigenvalue weighted by atomic mass is 10.2. The van der Waals surface area contributed by atoms with Crippen LogP contribution in [0.1, 0.15) is 15.9 Å². The first-order chi connectivity index (χ1) is 21.3. The summed E-state index contributed by atoms with van der Waals surface area (Å²) >= 11 is 1.46. The van der Waals surface area contributed by atoms with Crippen LogP contribution in [0.3, 0.4) is 0 Å². The van der Waals surface area contributed by atoms with Crippen LogP contribution in [0.5, 0.6) is 11.5 Å². The molecule has 0 saturated carbocycles. The van der Waals surface area contributed by atoms with Gasteiger partial charge in [-0.3, -0.25) is 14.8 Å². The summed E-state index contributed by atoms with van der Waals surface area (Å²) in [6.45, 7) is 2.10. The second-order valence-corrected chi connectivity index (χ2v) is 11.0. The van der Waals surface area contributed by atoms with Crippen LogP contribution in [0.25, 0.3) is 20.8 Å². The van der Waals surface area contributed by atoms with Gasteiger partial charge in [0.25, 0.3) is 5.91 Å². The monoisotopic (exact) mass is 614 g/mol. The molecule has 44 heavy (non-hydrogen) atoms. The van der Waals surface area contributed by atoms with Gasteiger partial charge in [-0.2, -0.15) is 0 Å². The topological polar surface area (TPSA) is 118 Å². The summed E-state index contributed by atoms with van der Waals surface area (Å²) < 4.78 is 26.9. The summed E-state index contributed by atoms with van der Waals surface area (Å²) in [6, 6.07) is 17.7. The number of carbonyl (C=O) groups is 2. The fraction of sp³-hybridized carbons (Fsp3) is 0.188. The minimum absolute atomic E-state index is 0.00300. The summed E-state index contributed by atoms with van der Waals surface area (Å²) in [5.41, 5.74) is 3.66. The van der Waals surface area contributed by atoms with Crippen molar-refractivity contribution in [3.63, 3.8) is 0 Å². The fourth-order valence-corrected chi connectivity index (χ4v) is 5.31. The van der Waals surface area contributed by atoms with Gasteiger partial charge in [0.1, 0.15) is 5.75 Å². The fourth-order valence-electron chi connectivity index (χ4n) is 4.26. The van der Waals surface area contributed by atoms with Crippen LogP contribution in [0.4, 0.5) is 20.6 Å². The number of carbonyl (C=O) groups excluding carboxylic acids is 2. The van der Waals surface area contributed by atoms with Crippen molar-refractivity contribution in [3.05, 3.63) is 96.1 Å². The quantitative estimate of drug-likeness (QED) is 0.148. The lowest BCUT2D eigenvalue weighted by Gasteiger charge is -2.13. The third kappa shape index (κ3) is 7.53. The largest absolute Gasteiger partial charge is 0.453 e. The molecule has 2 aromatic carbocycles. The molecule has 0 aliphatic heterocycles. The summed E-state index contributed by atoms with van der Waals surface area (Å²) in [7, 11) is 4.96. The molecule has 10 nitrogen and oxygen atoms in total. The van der Waals surface area contributed by atoms with E-state index in [9.17, 15) is 9.59 Å². The summed E-state index contributed by atoms with van der Waals surface area (Å²) in [4.78, 5) is 36.2. The van der Waals surface area contributed by atoms with E-state index in [0.29, 0.717) is 35.7 Å². The molecule has 0 saturated heterocycles. The van der Waals surface area contributed by atoms with E-state index in [1.807, 2.05) is 24.4 Å². The number of ether oxygens (including phenoxy) is 2. The van der Waals surface area contributed by atoms with Gasteiger partial charge in [-0.1, -0.05) is 12.1 Å². The third-order valence-electron chi connectivity index (χ3n) is 6.45. The number of thiophene rings is 1. The van der Waals surface area contributed by atoms with Crippen LogP contribution in [0.15, 0.2) is 79.1 Å². The molecule has 0 atom stereocenters. The molecule has 226 valence electrons. The Hall–Kier alpha value is -4.91. The molecule has 0 bridgehead atoms. The van der Waals surface area contributed by atoms with Gasteiger partial charge in [-0.15, -0.1) is 11.3 Å². The van der Waals surface area contributed by atoms with E-state index in [2.05, 4.69) is 25.9 Å². The number of hydrogen-bond donors (Lipinski definition) is 3. The highest BCUT2D eigenvalue weighted by molar-refractivity contribution is 7.22. The van der Waals surface area contributed by atoms with Crippen LogP contribution >= 0.6 is 11.3 Å². The molecule has 3 aromatic heterocycles. The van der Waals surface area contributed by atoms with Gasteiger partial charge in [0.05, 0.1) is 27.4 Å². The number of hydrogen-bond acceptors (Lipinski definition) is 8. The number of nitrogens with zero attached hydrogens (tertiary/aromatic N) is 3. The number of methoxy groups -OCH3 is 1. The van der Waals surface area contributed by atoms with Gasteiger partial charge >= 0.3 is 6.03 Å². The molecule has 12 heteroatoms. The molecule has 3 heterocycles.